The fourth-order valence-electron chi connectivity index (χ4n) is 1.63. The summed E-state index contributed by atoms with van der Waals surface area (Å²) in [6.07, 6.45) is 0.786. The zero-order valence-corrected chi connectivity index (χ0v) is 10.9. The molecule has 96 valence electrons. The lowest BCUT2D eigenvalue weighted by molar-refractivity contribution is 0.0448. The molecule has 1 atom stereocenters. The molecular weight excluding hydrogens is 217 g/mol. The molecule has 1 unspecified atom stereocenters. The first-order valence-corrected chi connectivity index (χ1v) is 6.15. The van der Waals surface area contributed by atoms with Crippen LogP contribution in [0.1, 0.15) is 31.9 Å². The van der Waals surface area contributed by atoms with Gasteiger partial charge in [-0.3, -0.25) is 0 Å². The van der Waals surface area contributed by atoms with Crippen LogP contribution in [-0.4, -0.2) is 20.2 Å². The Morgan fingerprint density at radius 1 is 1.29 bits per heavy atom. The molecule has 1 aromatic rings. The Morgan fingerprint density at radius 3 is 2.59 bits per heavy atom. The lowest BCUT2D eigenvalue weighted by Crippen LogP contribution is -2.21. The minimum atomic E-state index is -0.208. The molecule has 1 rings (SSSR count). The van der Waals surface area contributed by atoms with Crippen LogP contribution in [0.3, 0.4) is 0 Å². The van der Waals surface area contributed by atoms with Crippen molar-refractivity contribution in [2.75, 3.05) is 20.2 Å². The van der Waals surface area contributed by atoms with Crippen LogP contribution >= 0.6 is 0 Å². The van der Waals surface area contributed by atoms with E-state index in [0.29, 0.717) is 24.6 Å². The molecule has 1 aromatic carbocycles. The molecule has 0 heterocycles. The number of ether oxygens (including phenoxy) is 1. The van der Waals surface area contributed by atoms with Crippen LogP contribution in [0.5, 0.6) is 0 Å². The average molecular weight is 239 g/mol. The van der Waals surface area contributed by atoms with Gasteiger partial charge in [0.05, 0.1) is 6.10 Å². The topological polar surface area (TPSA) is 21.3 Å². The Labute approximate surface area is 103 Å². The van der Waals surface area contributed by atoms with Crippen LogP contribution in [0.2, 0.25) is 0 Å². The summed E-state index contributed by atoms with van der Waals surface area (Å²) in [5.41, 5.74) is 0.630. The molecule has 0 radical (unpaired) electrons. The zero-order valence-electron chi connectivity index (χ0n) is 10.9. The molecule has 0 fully saturated rings. The van der Waals surface area contributed by atoms with E-state index in [4.69, 9.17) is 4.74 Å². The van der Waals surface area contributed by atoms with Gasteiger partial charge in [0.25, 0.3) is 0 Å². The third-order valence-electron chi connectivity index (χ3n) is 2.66. The summed E-state index contributed by atoms with van der Waals surface area (Å²) < 4.78 is 19.4. The van der Waals surface area contributed by atoms with E-state index in [-0.39, 0.29) is 11.9 Å². The number of nitrogens with one attached hydrogen (secondary N) is 1. The van der Waals surface area contributed by atoms with Crippen LogP contribution in [-0.2, 0) is 4.74 Å². The maximum Gasteiger partial charge on any atom is 0.129 e. The lowest BCUT2D eigenvalue weighted by Gasteiger charge is -2.19. The predicted octanol–water partition coefficient (Wildman–Crippen LogP) is 3.15. The van der Waals surface area contributed by atoms with Crippen molar-refractivity contribution in [3.8, 4) is 0 Å². The maximum absolute atomic E-state index is 13.6. The van der Waals surface area contributed by atoms with Crippen LogP contribution in [0.15, 0.2) is 24.3 Å². The number of halogens is 1. The molecule has 17 heavy (non-hydrogen) atoms. The van der Waals surface area contributed by atoms with Crippen LogP contribution in [0, 0.1) is 11.7 Å². The van der Waals surface area contributed by atoms with Crippen molar-refractivity contribution in [3.63, 3.8) is 0 Å². The Kier molecular flexibility index (Phi) is 6.16. The third-order valence-corrected chi connectivity index (χ3v) is 2.66. The number of hydrogen-bond donors (Lipinski definition) is 1. The standard InChI is InChI=1S/C14H22FNO/c1-11(2)8-9-17-14(10-16-3)12-6-4-5-7-13(12)15/h4-7,11,14,16H,8-10H2,1-3H3. The number of hydrogen-bond acceptors (Lipinski definition) is 2. The zero-order chi connectivity index (χ0) is 12.7. The molecule has 0 aliphatic carbocycles. The lowest BCUT2D eigenvalue weighted by atomic mass is 10.1. The fourth-order valence-corrected chi connectivity index (χ4v) is 1.63. The molecule has 0 saturated heterocycles. The monoisotopic (exact) mass is 239 g/mol. The van der Waals surface area contributed by atoms with E-state index >= 15 is 0 Å². The van der Waals surface area contributed by atoms with Crippen molar-refractivity contribution >= 4 is 0 Å². The van der Waals surface area contributed by atoms with Crippen molar-refractivity contribution in [2.45, 2.75) is 26.4 Å². The summed E-state index contributed by atoms with van der Waals surface area (Å²) in [6.45, 7) is 5.59. The number of likely N-dealkylation sites (N-methyl/N-ethyl adjacent to an activating group) is 1. The van der Waals surface area contributed by atoms with E-state index in [2.05, 4.69) is 19.2 Å². The van der Waals surface area contributed by atoms with Gasteiger partial charge in [-0.2, -0.15) is 0 Å². The fraction of sp³-hybridized carbons (Fsp3) is 0.571. The molecule has 2 nitrogen and oxygen atoms in total. The third kappa shape index (κ3) is 4.84. The molecule has 0 aliphatic heterocycles. The van der Waals surface area contributed by atoms with E-state index < -0.39 is 0 Å². The van der Waals surface area contributed by atoms with Gasteiger partial charge in [0.1, 0.15) is 5.82 Å². The van der Waals surface area contributed by atoms with Gasteiger partial charge in [-0.1, -0.05) is 32.0 Å². The molecular formula is C14H22FNO. The SMILES string of the molecule is CNCC(OCCC(C)C)c1ccccc1F. The predicted molar refractivity (Wildman–Crippen MR) is 68.5 cm³/mol. The first-order valence-electron chi connectivity index (χ1n) is 6.15. The van der Waals surface area contributed by atoms with Gasteiger partial charge in [0.2, 0.25) is 0 Å². The number of benzene rings is 1. The quantitative estimate of drug-likeness (QED) is 0.789. The molecule has 0 amide bonds. The smallest absolute Gasteiger partial charge is 0.129 e. The Bertz CT molecular complexity index is 328. The summed E-state index contributed by atoms with van der Waals surface area (Å²) in [4.78, 5) is 0. The van der Waals surface area contributed by atoms with Gasteiger partial charge in [-0.15, -0.1) is 0 Å². The molecule has 3 heteroatoms. The summed E-state index contributed by atoms with van der Waals surface area (Å²) in [6, 6.07) is 6.80. The summed E-state index contributed by atoms with van der Waals surface area (Å²) >= 11 is 0. The molecule has 0 saturated carbocycles. The van der Waals surface area contributed by atoms with Crippen molar-refractivity contribution in [3.05, 3.63) is 35.6 Å². The highest BCUT2D eigenvalue weighted by Gasteiger charge is 2.15. The first-order chi connectivity index (χ1) is 8.15. The van der Waals surface area contributed by atoms with Crippen LogP contribution in [0.4, 0.5) is 4.39 Å². The van der Waals surface area contributed by atoms with Crippen molar-refractivity contribution < 1.29 is 9.13 Å². The molecule has 1 N–H and O–H groups in total. The maximum atomic E-state index is 13.6. The highest BCUT2D eigenvalue weighted by molar-refractivity contribution is 5.20. The number of rotatable bonds is 7. The average Bonchev–Trinajstić information content (AvgIpc) is 2.28. The second kappa shape index (κ2) is 7.41. The van der Waals surface area contributed by atoms with E-state index in [1.54, 1.807) is 12.1 Å². The molecule has 0 aliphatic rings. The Morgan fingerprint density at radius 2 is 2.00 bits per heavy atom. The van der Waals surface area contributed by atoms with E-state index in [1.165, 1.54) is 6.07 Å². The van der Waals surface area contributed by atoms with Crippen LogP contribution < -0.4 is 5.32 Å². The normalized spacial score (nSPS) is 13.0. The van der Waals surface area contributed by atoms with Gasteiger partial charge >= 0.3 is 0 Å². The van der Waals surface area contributed by atoms with E-state index in [9.17, 15) is 4.39 Å². The molecule has 0 aromatic heterocycles. The summed E-state index contributed by atoms with van der Waals surface area (Å²) in [5.74, 6) is 0.406. The van der Waals surface area contributed by atoms with E-state index in [1.807, 2.05) is 13.1 Å². The minimum absolute atomic E-state index is 0.197. The summed E-state index contributed by atoms with van der Waals surface area (Å²) in [7, 11) is 1.85. The van der Waals surface area contributed by atoms with Gasteiger partial charge in [0, 0.05) is 18.7 Å². The largest absolute Gasteiger partial charge is 0.372 e. The van der Waals surface area contributed by atoms with Gasteiger partial charge in [0.15, 0.2) is 0 Å². The summed E-state index contributed by atoms with van der Waals surface area (Å²) in [5, 5.41) is 3.04. The highest BCUT2D eigenvalue weighted by Crippen LogP contribution is 2.20. The Balaban J connectivity index is 2.62. The minimum Gasteiger partial charge on any atom is -0.372 e. The second-order valence-corrected chi connectivity index (χ2v) is 4.62. The van der Waals surface area contributed by atoms with Crippen LogP contribution in [0.25, 0.3) is 0 Å². The molecule has 0 bridgehead atoms. The van der Waals surface area contributed by atoms with E-state index in [0.717, 1.165) is 6.42 Å². The van der Waals surface area contributed by atoms with Crippen molar-refractivity contribution in [2.24, 2.45) is 5.92 Å². The Hall–Kier alpha value is -0.930. The van der Waals surface area contributed by atoms with Gasteiger partial charge in [-0.05, 0) is 25.5 Å². The van der Waals surface area contributed by atoms with Crippen molar-refractivity contribution in [1.29, 1.82) is 0 Å². The second-order valence-electron chi connectivity index (χ2n) is 4.62. The van der Waals surface area contributed by atoms with Gasteiger partial charge < -0.3 is 10.1 Å². The highest BCUT2D eigenvalue weighted by atomic mass is 19.1. The molecule has 0 spiro atoms. The first kappa shape index (κ1) is 14.1. The van der Waals surface area contributed by atoms with Gasteiger partial charge in [-0.25, -0.2) is 4.39 Å². The van der Waals surface area contributed by atoms with Crippen molar-refractivity contribution in [1.82, 2.24) is 5.32 Å².